The summed E-state index contributed by atoms with van der Waals surface area (Å²) in [4.78, 5) is 0. The van der Waals surface area contributed by atoms with Crippen LogP contribution < -0.4 is 10.0 Å². The lowest BCUT2D eigenvalue weighted by atomic mass is 9.83. The molecule has 0 saturated heterocycles. The van der Waals surface area contributed by atoms with E-state index in [-0.39, 0.29) is 11.8 Å². The summed E-state index contributed by atoms with van der Waals surface area (Å²) in [6.45, 7) is 3.02. The number of nitrogens with one attached hydrogen (secondary N) is 2. The summed E-state index contributed by atoms with van der Waals surface area (Å²) in [7, 11) is -3.21. The smallest absolute Gasteiger partial charge is 0.216 e. The molecule has 0 aromatic heterocycles. The number of hydrogen-bond acceptors (Lipinski definition) is 3. The molecule has 0 aliphatic heterocycles. The summed E-state index contributed by atoms with van der Waals surface area (Å²) in [5.74, 6) is 0.727. The standard InChI is InChI=1S/C16H24N2O2S/c1-12-8-16(9-12)18-21(19,20)11-14-4-2-13(3-5-14)10-17-15-6-7-15/h2-5,12,15-18H,6-11H2,1H3. The van der Waals surface area contributed by atoms with Gasteiger partial charge in [-0.2, -0.15) is 0 Å². The molecule has 2 fully saturated rings. The molecule has 1 aromatic rings. The molecular weight excluding hydrogens is 284 g/mol. The quantitative estimate of drug-likeness (QED) is 0.811. The topological polar surface area (TPSA) is 58.2 Å². The van der Waals surface area contributed by atoms with Crippen molar-refractivity contribution in [1.82, 2.24) is 10.0 Å². The Kier molecular flexibility index (Phi) is 4.33. The highest BCUT2D eigenvalue weighted by Gasteiger charge is 2.29. The van der Waals surface area contributed by atoms with E-state index < -0.39 is 10.0 Å². The molecule has 2 saturated carbocycles. The Morgan fingerprint density at radius 3 is 2.24 bits per heavy atom. The van der Waals surface area contributed by atoms with Gasteiger partial charge in [0.1, 0.15) is 0 Å². The maximum atomic E-state index is 12.1. The zero-order valence-electron chi connectivity index (χ0n) is 12.5. The summed E-state index contributed by atoms with van der Waals surface area (Å²) >= 11 is 0. The van der Waals surface area contributed by atoms with E-state index in [4.69, 9.17) is 0 Å². The third kappa shape index (κ3) is 4.53. The highest BCUT2D eigenvalue weighted by molar-refractivity contribution is 7.88. The fourth-order valence-electron chi connectivity index (χ4n) is 2.82. The van der Waals surface area contributed by atoms with Crippen molar-refractivity contribution in [2.75, 3.05) is 0 Å². The lowest BCUT2D eigenvalue weighted by molar-refractivity contribution is 0.270. The van der Waals surface area contributed by atoms with Gasteiger partial charge in [-0.15, -0.1) is 0 Å². The van der Waals surface area contributed by atoms with Crippen molar-refractivity contribution in [3.63, 3.8) is 0 Å². The number of hydrogen-bond donors (Lipinski definition) is 2. The van der Waals surface area contributed by atoms with E-state index in [1.165, 1.54) is 18.4 Å². The van der Waals surface area contributed by atoms with Gasteiger partial charge in [0, 0.05) is 18.6 Å². The van der Waals surface area contributed by atoms with Crippen LogP contribution in [0.25, 0.3) is 0 Å². The van der Waals surface area contributed by atoms with Gasteiger partial charge in [-0.05, 0) is 42.7 Å². The molecule has 0 heterocycles. The first kappa shape index (κ1) is 15.0. The van der Waals surface area contributed by atoms with Crippen molar-refractivity contribution >= 4 is 10.0 Å². The second kappa shape index (κ2) is 6.07. The predicted octanol–water partition coefficient (Wildman–Crippen LogP) is 2.16. The van der Waals surface area contributed by atoms with E-state index in [1.807, 2.05) is 24.3 Å². The summed E-state index contributed by atoms with van der Waals surface area (Å²) < 4.78 is 27.0. The fraction of sp³-hybridized carbons (Fsp3) is 0.625. The first-order valence-electron chi connectivity index (χ1n) is 7.81. The molecule has 0 amide bonds. The number of rotatable bonds is 7. The van der Waals surface area contributed by atoms with Gasteiger partial charge in [-0.1, -0.05) is 31.2 Å². The van der Waals surface area contributed by atoms with Gasteiger partial charge >= 0.3 is 0 Å². The summed E-state index contributed by atoms with van der Waals surface area (Å²) in [5.41, 5.74) is 2.06. The normalized spacial score (nSPS) is 25.6. The Balaban J connectivity index is 1.51. The molecule has 0 bridgehead atoms. The zero-order valence-corrected chi connectivity index (χ0v) is 13.3. The molecule has 0 radical (unpaired) electrons. The van der Waals surface area contributed by atoms with Crippen LogP contribution in [0.1, 0.15) is 43.7 Å². The van der Waals surface area contributed by atoms with Crippen LogP contribution in [0.4, 0.5) is 0 Å². The van der Waals surface area contributed by atoms with Crippen LogP contribution in [0, 0.1) is 5.92 Å². The van der Waals surface area contributed by atoms with Crippen molar-refractivity contribution in [2.24, 2.45) is 5.92 Å². The highest BCUT2D eigenvalue weighted by atomic mass is 32.2. The average Bonchev–Trinajstić information content (AvgIpc) is 3.19. The molecule has 2 aliphatic carbocycles. The van der Waals surface area contributed by atoms with Gasteiger partial charge in [0.25, 0.3) is 0 Å². The first-order valence-corrected chi connectivity index (χ1v) is 9.46. The van der Waals surface area contributed by atoms with E-state index in [0.717, 1.165) is 24.9 Å². The van der Waals surface area contributed by atoms with Gasteiger partial charge < -0.3 is 5.32 Å². The van der Waals surface area contributed by atoms with E-state index in [0.29, 0.717) is 12.0 Å². The van der Waals surface area contributed by atoms with Crippen molar-refractivity contribution in [1.29, 1.82) is 0 Å². The minimum Gasteiger partial charge on any atom is -0.310 e. The maximum absolute atomic E-state index is 12.1. The molecular formula is C16H24N2O2S. The molecule has 21 heavy (non-hydrogen) atoms. The van der Waals surface area contributed by atoms with Crippen LogP contribution in [0.15, 0.2) is 24.3 Å². The second-order valence-electron chi connectivity index (χ2n) is 6.62. The Morgan fingerprint density at radius 2 is 1.67 bits per heavy atom. The van der Waals surface area contributed by atoms with Crippen LogP contribution in [0.2, 0.25) is 0 Å². The summed E-state index contributed by atoms with van der Waals surface area (Å²) in [5, 5.41) is 3.46. The zero-order chi connectivity index (χ0) is 14.9. The third-order valence-electron chi connectivity index (χ3n) is 4.27. The van der Waals surface area contributed by atoms with Crippen molar-refractivity contribution in [2.45, 2.75) is 57.0 Å². The molecule has 3 rings (SSSR count). The Labute approximate surface area is 127 Å². The number of benzene rings is 1. The average molecular weight is 308 g/mol. The molecule has 4 nitrogen and oxygen atoms in total. The maximum Gasteiger partial charge on any atom is 0.216 e. The van der Waals surface area contributed by atoms with Gasteiger partial charge in [-0.3, -0.25) is 0 Å². The molecule has 2 aliphatic rings. The Bertz CT molecular complexity index is 573. The van der Waals surface area contributed by atoms with Crippen LogP contribution in [0.3, 0.4) is 0 Å². The van der Waals surface area contributed by atoms with E-state index in [9.17, 15) is 8.42 Å². The summed E-state index contributed by atoms with van der Waals surface area (Å²) in [6.07, 6.45) is 4.49. The van der Waals surface area contributed by atoms with Crippen LogP contribution in [0.5, 0.6) is 0 Å². The molecule has 0 spiro atoms. The first-order chi connectivity index (χ1) is 10.00. The van der Waals surface area contributed by atoms with Gasteiger partial charge in [0.2, 0.25) is 10.0 Å². The molecule has 0 unspecified atom stereocenters. The van der Waals surface area contributed by atoms with Gasteiger partial charge in [-0.25, -0.2) is 13.1 Å². The molecule has 116 valence electrons. The van der Waals surface area contributed by atoms with Gasteiger partial charge in [0.15, 0.2) is 0 Å². The fourth-order valence-corrected chi connectivity index (χ4v) is 4.23. The summed E-state index contributed by atoms with van der Waals surface area (Å²) in [6, 6.07) is 8.72. The van der Waals surface area contributed by atoms with E-state index in [2.05, 4.69) is 17.0 Å². The minimum absolute atomic E-state index is 0.0776. The third-order valence-corrected chi connectivity index (χ3v) is 5.68. The van der Waals surface area contributed by atoms with Gasteiger partial charge in [0.05, 0.1) is 5.75 Å². The van der Waals surface area contributed by atoms with E-state index in [1.54, 1.807) is 0 Å². The Hall–Kier alpha value is -0.910. The van der Waals surface area contributed by atoms with E-state index >= 15 is 0 Å². The molecule has 1 aromatic carbocycles. The second-order valence-corrected chi connectivity index (χ2v) is 8.38. The van der Waals surface area contributed by atoms with Crippen LogP contribution >= 0.6 is 0 Å². The highest BCUT2D eigenvalue weighted by Crippen LogP contribution is 2.27. The molecule has 5 heteroatoms. The lowest BCUT2D eigenvalue weighted by Gasteiger charge is -2.32. The monoisotopic (exact) mass is 308 g/mol. The molecule has 0 atom stereocenters. The molecule has 2 N–H and O–H groups in total. The Morgan fingerprint density at radius 1 is 1.05 bits per heavy atom. The largest absolute Gasteiger partial charge is 0.310 e. The van der Waals surface area contributed by atoms with Crippen molar-refractivity contribution in [3.05, 3.63) is 35.4 Å². The lowest BCUT2D eigenvalue weighted by Crippen LogP contribution is -2.43. The SMILES string of the molecule is CC1CC(NS(=O)(=O)Cc2ccc(CNC3CC3)cc2)C1. The van der Waals surface area contributed by atoms with Crippen molar-refractivity contribution < 1.29 is 8.42 Å². The van der Waals surface area contributed by atoms with Crippen LogP contribution in [-0.2, 0) is 22.3 Å². The number of sulfonamides is 1. The van der Waals surface area contributed by atoms with Crippen LogP contribution in [-0.4, -0.2) is 20.5 Å². The van der Waals surface area contributed by atoms with Crippen molar-refractivity contribution in [3.8, 4) is 0 Å². The predicted molar refractivity (Wildman–Crippen MR) is 84.2 cm³/mol. The minimum atomic E-state index is -3.21.